The Hall–Kier alpha value is -3.54. The highest BCUT2D eigenvalue weighted by Crippen LogP contribution is 2.40. The zero-order valence-corrected chi connectivity index (χ0v) is 20.5. The molecule has 11 nitrogen and oxygen atoms in total. The molecule has 1 saturated heterocycles. The molecule has 0 spiro atoms. The van der Waals surface area contributed by atoms with Gasteiger partial charge in [-0.25, -0.2) is 9.59 Å². The summed E-state index contributed by atoms with van der Waals surface area (Å²) >= 11 is 1.24. The van der Waals surface area contributed by atoms with Gasteiger partial charge >= 0.3 is 18.0 Å². The van der Waals surface area contributed by atoms with Crippen LogP contribution in [0.1, 0.15) is 39.3 Å². The predicted octanol–water partition coefficient (Wildman–Crippen LogP) is 1.55. The molecule has 1 aromatic carbocycles. The summed E-state index contributed by atoms with van der Waals surface area (Å²) in [6.07, 6.45) is -0.804. The number of alkyl carbamates (subject to hydrolysis) is 1. The maximum absolute atomic E-state index is 13.2. The van der Waals surface area contributed by atoms with Crippen molar-refractivity contribution in [2.45, 2.75) is 50.8 Å². The van der Waals surface area contributed by atoms with Crippen LogP contribution in [0.4, 0.5) is 4.79 Å². The molecule has 0 aliphatic carbocycles. The van der Waals surface area contributed by atoms with Crippen LogP contribution in [-0.2, 0) is 28.7 Å². The Labute approximate surface area is 206 Å². The van der Waals surface area contributed by atoms with E-state index in [1.54, 1.807) is 51.1 Å². The van der Waals surface area contributed by atoms with E-state index in [9.17, 15) is 29.1 Å². The minimum absolute atomic E-state index is 0.202. The van der Waals surface area contributed by atoms with Gasteiger partial charge in [0, 0.05) is 18.2 Å². The largest absolute Gasteiger partial charge is 0.477 e. The number of β-lactam (4-membered cyclic amide) rings is 1. The third-order valence-corrected chi connectivity index (χ3v) is 6.39. The van der Waals surface area contributed by atoms with Crippen molar-refractivity contribution in [1.29, 1.82) is 0 Å². The molecule has 1 aromatic rings. The van der Waals surface area contributed by atoms with Gasteiger partial charge < -0.3 is 25.2 Å². The van der Waals surface area contributed by atoms with Crippen LogP contribution in [0.25, 0.3) is 0 Å². The Kier molecular flexibility index (Phi) is 7.73. The molecule has 2 aliphatic rings. The number of thioether (sulfide) groups is 1. The van der Waals surface area contributed by atoms with E-state index in [2.05, 4.69) is 10.6 Å². The summed E-state index contributed by atoms with van der Waals surface area (Å²) in [6, 6.07) is 6.32. The standard InChI is InChI=1S/C23H27N3O8S/c1-12(27)33-10-14-11-35-20-16(19(29)26(20)17(14)21(30)31)24-18(28)15(13-8-6-5-7-9-13)25-22(32)34-23(2,3)4/h5-9,15-16,20H,10-11H2,1-4H3,(H,24,28)(H,25,32)(H,30,31)/t15?,16?,20-/m0/s1. The number of benzene rings is 1. The topological polar surface area (TPSA) is 151 Å². The lowest BCUT2D eigenvalue weighted by Crippen LogP contribution is -2.71. The van der Waals surface area contributed by atoms with Crippen LogP contribution in [0.15, 0.2) is 41.6 Å². The molecule has 35 heavy (non-hydrogen) atoms. The monoisotopic (exact) mass is 505 g/mol. The number of aliphatic carboxylic acids is 1. The number of amides is 3. The molecule has 188 valence electrons. The van der Waals surface area contributed by atoms with Crippen molar-refractivity contribution in [3.05, 3.63) is 47.2 Å². The van der Waals surface area contributed by atoms with Crippen LogP contribution in [0.3, 0.4) is 0 Å². The summed E-state index contributed by atoms with van der Waals surface area (Å²) in [4.78, 5) is 62.5. The molecular formula is C23H27N3O8S. The van der Waals surface area contributed by atoms with E-state index in [0.717, 1.165) is 4.90 Å². The zero-order chi connectivity index (χ0) is 25.9. The first-order chi connectivity index (χ1) is 16.4. The highest BCUT2D eigenvalue weighted by Gasteiger charge is 2.54. The molecule has 0 bridgehead atoms. The fourth-order valence-corrected chi connectivity index (χ4v) is 4.92. The predicted molar refractivity (Wildman–Crippen MR) is 125 cm³/mol. The van der Waals surface area contributed by atoms with Crippen molar-refractivity contribution in [2.24, 2.45) is 0 Å². The minimum Gasteiger partial charge on any atom is -0.477 e. The lowest BCUT2D eigenvalue weighted by atomic mass is 10.0. The number of carboxylic acids is 1. The van der Waals surface area contributed by atoms with Gasteiger partial charge in [0.05, 0.1) is 0 Å². The Bertz CT molecular complexity index is 1070. The first-order valence-corrected chi connectivity index (χ1v) is 11.8. The summed E-state index contributed by atoms with van der Waals surface area (Å²) < 4.78 is 10.2. The highest BCUT2D eigenvalue weighted by molar-refractivity contribution is 8.00. The van der Waals surface area contributed by atoms with Crippen LogP contribution in [0.5, 0.6) is 0 Å². The molecule has 3 rings (SSSR count). The summed E-state index contributed by atoms with van der Waals surface area (Å²) in [6.45, 7) is 6.03. The number of carbonyl (C=O) groups is 5. The molecule has 2 aliphatic heterocycles. The highest BCUT2D eigenvalue weighted by atomic mass is 32.2. The molecular weight excluding hydrogens is 478 g/mol. The maximum atomic E-state index is 13.2. The van der Waals surface area contributed by atoms with Gasteiger partial charge in [0.1, 0.15) is 35.4 Å². The summed E-state index contributed by atoms with van der Waals surface area (Å²) in [5.74, 6) is -2.96. The van der Waals surface area contributed by atoms with Crippen molar-refractivity contribution in [3.8, 4) is 0 Å². The molecule has 12 heteroatoms. The van der Waals surface area contributed by atoms with E-state index in [1.165, 1.54) is 18.7 Å². The van der Waals surface area contributed by atoms with Gasteiger partial charge in [0.2, 0.25) is 5.91 Å². The molecule has 3 atom stereocenters. The number of rotatable bonds is 7. The number of nitrogens with one attached hydrogen (secondary N) is 2. The van der Waals surface area contributed by atoms with Crippen molar-refractivity contribution in [1.82, 2.24) is 15.5 Å². The second-order valence-electron chi connectivity index (χ2n) is 8.92. The second kappa shape index (κ2) is 10.4. The number of fused-ring (bicyclic) bond motifs is 1. The fourth-order valence-electron chi connectivity index (χ4n) is 3.59. The third-order valence-electron chi connectivity index (χ3n) is 5.05. The zero-order valence-electron chi connectivity index (χ0n) is 19.7. The molecule has 0 aromatic heterocycles. The van der Waals surface area contributed by atoms with E-state index in [0.29, 0.717) is 11.1 Å². The average Bonchev–Trinajstić information content (AvgIpc) is 2.77. The number of hydrogen-bond donors (Lipinski definition) is 3. The number of nitrogens with zero attached hydrogens (tertiary/aromatic N) is 1. The van der Waals surface area contributed by atoms with Crippen LogP contribution in [0.2, 0.25) is 0 Å². The van der Waals surface area contributed by atoms with E-state index in [1.807, 2.05) is 0 Å². The molecule has 1 fully saturated rings. The Balaban J connectivity index is 1.77. The van der Waals surface area contributed by atoms with Crippen LogP contribution in [-0.4, -0.2) is 69.2 Å². The Morgan fingerprint density at radius 1 is 1.20 bits per heavy atom. The van der Waals surface area contributed by atoms with E-state index in [-0.39, 0.29) is 18.1 Å². The van der Waals surface area contributed by atoms with E-state index >= 15 is 0 Å². The number of carbonyl (C=O) groups excluding carboxylic acids is 4. The second-order valence-corrected chi connectivity index (χ2v) is 10.0. The minimum atomic E-state index is -1.33. The maximum Gasteiger partial charge on any atom is 0.408 e. The van der Waals surface area contributed by atoms with Gasteiger partial charge in [0.25, 0.3) is 5.91 Å². The van der Waals surface area contributed by atoms with E-state index < -0.39 is 52.9 Å². The molecule has 3 N–H and O–H groups in total. The van der Waals surface area contributed by atoms with Gasteiger partial charge in [-0.3, -0.25) is 19.3 Å². The SMILES string of the molecule is CC(=O)OCC1=C(C(=O)O)N2C(=O)C(NC(=O)C(NC(=O)OC(C)(C)C)c3ccccc3)[C@@H]2SC1. The summed E-state index contributed by atoms with van der Waals surface area (Å²) in [5.41, 5.74) is -0.266. The molecule has 0 radical (unpaired) electrons. The number of esters is 1. The Morgan fingerprint density at radius 3 is 2.43 bits per heavy atom. The van der Waals surface area contributed by atoms with Gasteiger partial charge in [-0.2, -0.15) is 0 Å². The first-order valence-electron chi connectivity index (χ1n) is 10.8. The van der Waals surface area contributed by atoms with Gasteiger partial charge in [-0.05, 0) is 26.3 Å². The lowest BCUT2D eigenvalue weighted by Gasteiger charge is -2.49. The smallest absolute Gasteiger partial charge is 0.408 e. The van der Waals surface area contributed by atoms with Crippen molar-refractivity contribution in [2.75, 3.05) is 12.4 Å². The molecule has 2 unspecified atom stereocenters. The van der Waals surface area contributed by atoms with Crippen molar-refractivity contribution < 1.29 is 38.6 Å². The van der Waals surface area contributed by atoms with Gasteiger partial charge in [-0.1, -0.05) is 30.3 Å². The van der Waals surface area contributed by atoms with Gasteiger partial charge in [0.15, 0.2) is 0 Å². The number of carboxylic acid groups (broad SMARTS) is 1. The molecule has 3 amide bonds. The van der Waals surface area contributed by atoms with Gasteiger partial charge in [-0.15, -0.1) is 11.8 Å². The van der Waals surface area contributed by atoms with Crippen LogP contribution >= 0.6 is 11.8 Å². The first kappa shape index (κ1) is 26.1. The van der Waals surface area contributed by atoms with Crippen molar-refractivity contribution >= 4 is 41.6 Å². The quantitative estimate of drug-likeness (QED) is 0.370. The lowest BCUT2D eigenvalue weighted by molar-refractivity contribution is -0.151. The number of ether oxygens (including phenoxy) is 2. The van der Waals surface area contributed by atoms with Crippen LogP contribution in [0, 0.1) is 0 Å². The van der Waals surface area contributed by atoms with Crippen molar-refractivity contribution in [3.63, 3.8) is 0 Å². The average molecular weight is 506 g/mol. The molecule has 0 saturated carbocycles. The number of hydrogen-bond acceptors (Lipinski definition) is 8. The fraction of sp³-hybridized carbons (Fsp3) is 0.435. The van der Waals surface area contributed by atoms with Crippen LogP contribution < -0.4 is 10.6 Å². The summed E-state index contributed by atoms with van der Waals surface area (Å²) in [7, 11) is 0. The third kappa shape index (κ3) is 6.13. The summed E-state index contributed by atoms with van der Waals surface area (Å²) in [5, 5.41) is 14.2. The Morgan fingerprint density at radius 2 is 1.86 bits per heavy atom. The molecule has 2 heterocycles. The normalized spacial score (nSPS) is 20.2. The van der Waals surface area contributed by atoms with E-state index in [4.69, 9.17) is 9.47 Å².